The minimum absolute atomic E-state index is 0.0368. The lowest BCUT2D eigenvalue weighted by Gasteiger charge is -2.06. The Labute approximate surface area is 125 Å². The molecule has 2 rings (SSSR count). The van der Waals surface area contributed by atoms with Crippen LogP contribution in [-0.2, 0) is 16.4 Å². The van der Waals surface area contributed by atoms with Crippen LogP contribution in [0, 0.1) is 6.92 Å². The summed E-state index contributed by atoms with van der Waals surface area (Å²) >= 11 is 0.822. The van der Waals surface area contributed by atoms with Crippen molar-refractivity contribution in [3.05, 3.63) is 41.3 Å². The molecule has 0 atom stereocenters. The van der Waals surface area contributed by atoms with E-state index in [1.165, 1.54) is 6.92 Å². The van der Waals surface area contributed by atoms with Gasteiger partial charge < -0.3 is 5.11 Å². The van der Waals surface area contributed by atoms with Gasteiger partial charge in [0.1, 0.15) is 10.6 Å². The van der Waals surface area contributed by atoms with Crippen LogP contribution in [0.1, 0.15) is 21.6 Å². The van der Waals surface area contributed by atoms with Gasteiger partial charge in [0, 0.05) is 12.4 Å². The lowest BCUT2D eigenvalue weighted by atomic mass is 10.2. The van der Waals surface area contributed by atoms with Gasteiger partial charge in [-0.2, -0.15) is 4.37 Å². The monoisotopic (exact) mass is 327 g/mol. The molecule has 2 N–H and O–H groups in total. The molecular formula is C12H13N3O4S2. The minimum atomic E-state index is -3.64. The highest BCUT2D eigenvalue weighted by Gasteiger charge is 2.21. The van der Waals surface area contributed by atoms with Crippen LogP contribution in [0.2, 0.25) is 0 Å². The van der Waals surface area contributed by atoms with Gasteiger partial charge in [0.25, 0.3) is 0 Å². The van der Waals surface area contributed by atoms with Gasteiger partial charge in [-0.1, -0.05) is 0 Å². The zero-order valence-corrected chi connectivity index (χ0v) is 12.7. The van der Waals surface area contributed by atoms with Crippen molar-refractivity contribution in [2.24, 2.45) is 0 Å². The smallest absolute Gasteiger partial charge is 0.340 e. The van der Waals surface area contributed by atoms with Crippen molar-refractivity contribution in [1.82, 2.24) is 9.36 Å². The Morgan fingerprint density at radius 2 is 2.05 bits per heavy atom. The molecule has 2 aromatic heterocycles. The predicted molar refractivity (Wildman–Crippen MR) is 79.2 cm³/mol. The average molecular weight is 327 g/mol. The molecule has 0 fully saturated rings. The number of carboxylic acid groups (broad SMARTS) is 1. The number of anilines is 1. The lowest BCUT2D eigenvalue weighted by molar-refractivity contribution is 0.0697. The lowest BCUT2D eigenvalue weighted by Crippen LogP contribution is -2.19. The highest BCUT2D eigenvalue weighted by molar-refractivity contribution is 7.92. The van der Waals surface area contributed by atoms with E-state index < -0.39 is 16.0 Å². The van der Waals surface area contributed by atoms with Crippen LogP contribution in [0.3, 0.4) is 0 Å². The second-order valence-corrected chi connectivity index (χ2v) is 6.92. The number of pyridine rings is 1. The summed E-state index contributed by atoms with van der Waals surface area (Å²) in [7, 11) is -3.64. The zero-order chi connectivity index (χ0) is 15.5. The molecule has 0 saturated carbocycles. The van der Waals surface area contributed by atoms with E-state index in [4.69, 9.17) is 5.11 Å². The number of carbonyl (C=O) groups is 1. The number of hydrogen-bond acceptors (Lipinski definition) is 6. The summed E-state index contributed by atoms with van der Waals surface area (Å²) in [5.74, 6) is -1.35. The van der Waals surface area contributed by atoms with Crippen molar-refractivity contribution in [1.29, 1.82) is 0 Å². The van der Waals surface area contributed by atoms with Crippen LogP contribution in [0.5, 0.6) is 0 Å². The Kier molecular flexibility index (Phi) is 4.53. The van der Waals surface area contributed by atoms with Gasteiger partial charge in [-0.3, -0.25) is 9.71 Å². The van der Waals surface area contributed by atoms with Gasteiger partial charge >= 0.3 is 5.97 Å². The van der Waals surface area contributed by atoms with E-state index in [0.717, 1.165) is 17.1 Å². The first-order valence-corrected chi connectivity index (χ1v) is 8.40. The van der Waals surface area contributed by atoms with Crippen LogP contribution < -0.4 is 4.72 Å². The molecule has 0 aromatic carbocycles. The highest BCUT2D eigenvalue weighted by atomic mass is 32.2. The molecule has 21 heavy (non-hydrogen) atoms. The molecule has 2 heterocycles. The maximum absolute atomic E-state index is 12.0. The van der Waals surface area contributed by atoms with E-state index in [9.17, 15) is 13.2 Å². The topological polar surface area (TPSA) is 109 Å². The van der Waals surface area contributed by atoms with Crippen LogP contribution in [-0.4, -0.2) is 34.6 Å². The van der Waals surface area contributed by atoms with E-state index in [0.29, 0.717) is 12.1 Å². The number of aromatic carboxylic acids is 1. The molecule has 0 saturated heterocycles. The summed E-state index contributed by atoms with van der Waals surface area (Å²) in [6.07, 6.45) is 3.49. The van der Waals surface area contributed by atoms with Crippen molar-refractivity contribution in [3.8, 4) is 0 Å². The van der Waals surface area contributed by atoms with Crippen LogP contribution >= 0.6 is 11.5 Å². The first kappa shape index (κ1) is 15.4. The van der Waals surface area contributed by atoms with Crippen LogP contribution in [0.4, 0.5) is 5.00 Å². The summed E-state index contributed by atoms with van der Waals surface area (Å²) in [6.45, 7) is 1.52. The molecule has 9 heteroatoms. The predicted octanol–water partition coefficient (Wildman–Crippen LogP) is 1.53. The normalized spacial score (nSPS) is 11.3. The van der Waals surface area contributed by atoms with Gasteiger partial charge in [0.15, 0.2) is 0 Å². The third-order valence-corrected chi connectivity index (χ3v) is 4.97. The Balaban J connectivity index is 2.10. The summed E-state index contributed by atoms with van der Waals surface area (Å²) in [4.78, 5) is 14.9. The molecule has 0 aliphatic carbocycles. The van der Waals surface area contributed by atoms with Crippen molar-refractivity contribution < 1.29 is 18.3 Å². The molecule has 0 radical (unpaired) electrons. The van der Waals surface area contributed by atoms with Gasteiger partial charge in [-0.25, -0.2) is 13.2 Å². The molecule has 2 aromatic rings. The second kappa shape index (κ2) is 6.19. The van der Waals surface area contributed by atoms with E-state index in [-0.39, 0.29) is 16.3 Å². The van der Waals surface area contributed by atoms with Crippen molar-refractivity contribution in [3.63, 3.8) is 0 Å². The number of nitrogens with one attached hydrogen (secondary N) is 1. The number of aryl methyl sites for hydroxylation is 2. The largest absolute Gasteiger partial charge is 0.478 e. The van der Waals surface area contributed by atoms with Gasteiger partial charge in [0.05, 0.1) is 11.4 Å². The molecule has 0 bridgehead atoms. The first-order valence-electron chi connectivity index (χ1n) is 5.98. The van der Waals surface area contributed by atoms with Crippen molar-refractivity contribution in [2.45, 2.75) is 13.3 Å². The fourth-order valence-electron chi connectivity index (χ4n) is 1.69. The quantitative estimate of drug-likeness (QED) is 0.832. The zero-order valence-electron chi connectivity index (χ0n) is 11.1. The average Bonchev–Trinajstić information content (AvgIpc) is 2.78. The maximum Gasteiger partial charge on any atom is 0.340 e. The van der Waals surface area contributed by atoms with E-state index in [1.54, 1.807) is 24.5 Å². The highest BCUT2D eigenvalue weighted by Crippen LogP contribution is 2.25. The fraction of sp³-hybridized carbons (Fsp3) is 0.250. The van der Waals surface area contributed by atoms with Crippen LogP contribution in [0.25, 0.3) is 0 Å². The molecule has 0 aliphatic heterocycles. The van der Waals surface area contributed by atoms with E-state index in [1.807, 2.05) is 0 Å². The summed E-state index contributed by atoms with van der Waals surface area (Å²) < 4.78 is 30.2. The summed E-state index contributed by atoms with van der Waals surface area (Å²) in [5.41, 5.74) is 1.03. The number of sulfonamides is 1. The number of rotatable bonds is 6. The van der Waals surface area contributed by atoms with Gasteiger partial charge in [0.2, 0.25) is 10.0 Å². The number of carboxylic acids is 1. The Morgan fingerprint density at radius 3 is 2.67 bits per heavy atom. The molecular weight excluding hydrogens is 314 g/mol. The number of hydrogen-bond donors (Lipinski definition) is 2. The Morgan fingerprint density at radius 1 is 1.38 bits per heavy atom. The van der Waals surface area contributed by atoms with E-state index >= 15 is 0 Å². The number of nitrogens with zero attached hydrogens (tertiary/aromatic N) is 2. The maximum atomic E-state index is 12.0. The summed E-state index contributed by atoms with van der Waals surface area (Å²) in [6, 6.07) is 3.46. The standard InChI is InChI=1S/C12H13N3O4S2/c1-8-10(12(16)17)11(20-14-8)15-21(18,19)7-4-9-2-5-13-6-3-9/h2-3,5-6,15H,4,7H2,1H3,(H,16,17). The minimum Gasteiger partial charge on any atom is -0.478 e. The molecule has 112 valence electrons. The van der Waals surface area contributed by atoms with Crippen molar-refractivity contribution >= 4 is 32.5 Å². The van der Waals surface area contributed by atoms with Crippen LogP contribution in [0.15, 0.2) is 24.5 Å². The van der Waals surface area contributed by atoms with Crippen molar-refractivity contribution in [2.75, 3.05) is 10.5 Å². The fourth-order valence-corrected chi connectivity index (χ4v) is 3.85. The SMILES string of the molecule is Cc1nsc(NS(=O)(=O)CCc2ccncc2)c1C(=O)O. The Bertz CT molecular complexity index is 741. The summed E-state index contributed by atoms with van der Waals surface area (Å²) in [5, 5.41) is 9.10. The van der Waals surface area contributed by atoms with Gasteiger partial charge in [-0.15, -0.1) is 0 Å². The van der Waals surface area contributed by atoms with Gasteiger partial charge in [-0.05, 0) is 42.6 Å². The molecule has 0 unspecified atom stereocenters. The molecule has 0 spiro atoms. The third-order valence-electron chi connectivity index (χ3n) is 2.73. The Hall–Kier alpha value is -2.00. The first-order chi connectivity index (χ1) is 9.89. The molecule has 0 amide bonds. The number of aromatic nitrogens is 2. The molecule has 0 aliphatic rings. The van der Waals surface area contributed by atoms with E-state index in [2.05, 4.69) is 14.1 Å². The molecule has 7 nitrogen and oxygen atoms in total. The third kappa shape index (κ3) is 3.99. The second-order valence-electron chi connectivity index (χ2n) is 4.30.